The quantitative estimate of drug-likeness (QED) is 0.151. The first-order valence-electron chi connectivity index (χ1n) is 18.7. The second-order valence-corrected chi connectivity index (χ2v) is 15.9. The zero-order valence-electron chi connectivity index (χ0n) is 32.3. The lowest BCUT2D eigenvalue weighted by atomic mass is 9.94. The number of pyridine rings is 1. The predicted molar refractivity (Wildman–Crippen MR) is 205 cm³/mol. The first kappa shape index (κ1) is 38.8. The van der Waals surface area contributed by atoms with E-state index in [1.54, 1.807) is 27.1 Å². The standard InChI is InChI=1S/C40H46F3N9O4/c1-7-26-29(42)10-9-22-13-25(53)15-27(32(22)26)34-33(43)35-28(18-44-34)36(47-38(46-35)56-21-40-11-8-12-51(40)19-23(41)16-40)45-17-24-14-30(37(55)50(5)6)49-52(24)20-31(54)48-39(2,3)4/h9-10,13-15,18,23,53H,7-8,11-12,16-17,19-21H2,1-6H3,(H,48,54)(H,45,46,47)/t23-,40+/m1/s1. The molecule has 2 atom stereocenters. The Morgan fingerprint density at radius 3 is 2.66 bits per heavy atom. The lowest BCUT2D eigenvalue weighted by Crippen LogP contribution is -2.43. The molecule has 296 valence electrons. The van der Waals surface area contributed by atoms with Crippen LogP contribution in [-0.2, 0) is 24.3 Å². The number of rotatable bonds is 11. The zero-order valence-corrected chi connectivity index (χ0v) is 32.3. The number of aryl methyl sites for hydroxylation is 1. The van der Waals surface area contributed by atoms with E-state index in [0.29, 0.717) is 41.4 Å². The van der Waals surface area contributed by atoms with E-state index < -0.39 is 28.9 Å². The molecule has 3 N–H and O–H groups in total. The van der Waals surface area contributed by atoms with Gasteiger partial charge in [-0.1, -0.05) is 13.0 Å². The van der Waals surface area contributed by atoms with Crippen LogP contribution in [0.2, 0.25) is 0 Å². The minimum Gasteiger partial charge on any atom is -0.508 e. The number of anilines is 1. The number of carbonyl (C=O) groups excluding carboxylic acids is 2. The van der Waals surface area contributed by atoms with Gasteiger partial charge in [-0.05, 0) is 87.2 Å². The SMILES string of the molecule is CCc1c(F)ccc2cc(O)cc(-c3ncc4c(NCc5cc(C(=O)N(C)C)nn5CC(=O)NC(C)(C)C)nc(OC[C@@]56CCCN5C[C@H](F)C6)nc4c3F)c12. The number of phenolic OH excluding ortho intramolecular Hbond substituents is 1. The van der Waals surface area contributed by atoms with Crippen molar-refractivity contribution in [3.63, 3.8) is 0 Å². The number of alkyl halides is 1. The number of benzene rings is 2. The minimum absolute atomic E-state index is 0.0109. The Morgan fingerprint density at radius 2 is 1.93 bits per heavy atom. The van der Waals surface area contributed by atoms with E-state index in [1.807, 2.05) is 20.8 Å². The van der Waals surface area contributed by atoms with Gasteiger partial charge in [0.1, 0.15) is 47.9 Å². The molecule has 7 rings (SSSR count). The molecule has 2 saturated heterocycles. The van der Waals surface area contributed by atoms with E-state index in [1.165, 1.54) is 40.0 Å². The molecule has 0 unspecified atom stereocenters. The monoisotopic (exact) mass is 773 g/mol. The third-order valence-electron chi connectivity index (χ3n) is 10.4. The van der Waals surface area contributed by atoms with Gasteiger partial charge in [0, 0.05) is 44.4 Å². The van der Waals surface area contributed by atoms with Gasteiger partial charge in [-0.2, -0.15) is 15.1 Å². The van der Waals surface area contributed by atoms with Gasteiger partial charge in [0.25, 0.3) is 5.91 Å². The lowest BCUT2D eigenvalue weighted by Gasteiger charge is -2.30. The molecule has 0 spiro atoms. The Balaban J connectivity index is 1.31. The number of carbonyl (C=O) groups is 2. The number of nitrogens with one attached hydrogen (secondary N) is 2. The average Bonchev–Trinajstić information content (AvgIpc) is 3.80. The minimum atomic E-state index is -0.991. The second kappa shape index (κ2) is 14.9. The number of amides is 2. The van der Waals surface area contributed by atoms with Crippen LogP contribution in [0.3, 0.4) is 0 Å². The summed E-state index contributed by atoms with van der Waals surface area (Å²) < 4.78 is 54.4. The molecule has 2 aromatic carbocycles. The summed E-state index contributed by atoms with van der Waals surface area (Å²) in [5.74, 6) is -2.03. The maximum absolute atomic E-state index is 17.0. The van der Waals surface area contributed by atoms with Crippen LogP contribution < -0.4 is 15.4 Å². The Hall–Kier alpha value is -5.51. The summed E-state index contributed by atoms with van der Waals surface area (Å²) >= 11 is 0. The highest BCUT2D eigenvalue weighted by Crippen LogP contribution is 2.41. The Labute approximate surface area is 322 Å². The molecular weight excluding hydrogens is 727 g/mol. The Bertz CT molecular complexity index is 2340. The summed E-state index contributed by atoms with van der Waals surface area (Å²) in [5.41, 5.74) is -0.270. The van der Waals surface area contributed by atoms with E-state index in [4.69, 9.17) is 4.74 Å². The molecule has 0 radical (unpaired) electrons. The van der Waals surface area contributed by atoms with Gasteiger partial charge in [-0.25, -0.2) is 13.2 Å². The maximum Gasteiger partial charge on any atom is 0.319 e. The van der Waals surface area contributed by atoms with Crippen LogP contribution in [0.5, 0.6) is 11.8 Å². The van der Waals surface area contributed by atoms with Crippen LogP contribution in [0.1, 0.15) is 68.7 Å². The maximum atomic E-state index is 17.0. The molecule has 2 amide bonds. The van der Waals surface area contributed by atoms with Crippen LogP contribution in [-0.4, -0.2) is 102 Å². The van der Waals surface area contributed by atoms with Crippen molar-refractivity contribution < 1.29 is 32.6 Å². The second-order valence-electron chi connectivity index (χ2n) is 15.9. The van der Waals surface area contributed by atoms with Gasteiger partial charge >= 0.3 is 6.01 Å². The highest BCUT2D eigenvalue weighted by atomic mass is 19.1. The number of halogens is 3. The fourth-order valence-electron chi connectivity index (χ4n) is 7.94. The molecule has 56 heavy (non-hydrogen) atoms. The molecule has 5 heterocycles. The number of hydrogen-bond acceptors (Lipinski definition) is 10. The molecule has 0 aliphatic carbocycles. The van der Waals surface area contributed by atoms with Gasteiger partial charge < -0.3 is 25.4 Å². The predicted octanol–water partition coefficient (Wildman–Crippen LogP) is 5.77. The van der Waals surface area contributed by atoms with Crippen LogP contribution in [0.25, 0.3) is 32.9 Å². The van der Waals surface area contributed by atoms with Crippen molar-refractivity contribution in [1.29, 1.82) is 0 Å². The number of fused-ring (bicyclic) bond motifs is 3. The highest BCUT2D eigenvalue weighted by Gasteiger charge is 2.49. The topological polar surface area (TPSA) is 151 Å². The first-order chi connectivity index (χ1) is 26.6. The fourth-order valence-corrected chi connectivity index (χ4v) is 7.94. The summed E-state index contributed by atoms with van der Waals surface area (Å²) in [4.78, 5) is 43.0. The zero-order chi connectivity index (χ0) is 40.1. The smallest absolute Gasteiger partial charge is 0.319 e. The van der Waals surface area contributed by atoms with E-state index >= 15 is 8.78 Å². The number of phenols is 1. The molecule has 3 aromatic heterocycles. The summed E-state index contributed by atoms with van der Waals surface area (Å²) in [6, 6.07) is 7.07. The lowest BCUT2D eigenvalue weighted by molar-refractivity contribution is -0.123. The van der Waals surface area contributed by atoms with Gasteiger partial charge in [-0.3, -0.25) is 24.2 Å². The largest absolute Gasteiger partial charge is 0.508 e. The Kier molecular flexibility index (Phi) is 10.3. The molecule has 16 heteroatoms. The normalized spacial score (nSPS) is 18.4. The number of aromatic nitrogens is 5. The number of ether oxygens (including phenoxy) is 1. The van der Waals surface area contributed by atoms with E-state index in [2.05, 4.69) is 35.6 Å². The van der Waals surface area contributed by atoms with Gasteiger partial charge in [0.2, 0.25) is 5.91 Å². The molecule has 2 aliphatic heterocycles. The molecule has 13 nitrogen and oxygen atoms in total. The molecule has 2 aliphatic rings. The van der Waals surface area contributed by atoms with Crippen molar-refractivity contribution in [3.05, 3.63) is 65.1 Å². The van der Waals surface area contributed by atoms with Gasteiger partial charge in [-0.15, -0.1) is 0 Å². The van der Waals surface area contributed by atoms with Crippen molar-refractivity contribution in [1.82, 2.24) is 39.8 Å². The number of aromatic hydroxyl groups is 1. The fraction of sp³-hybridized carbons (Fsp3) is 0.450. The average molecular weight is 774 g/mol. The van der Waals surface area contributed by atoms with Crippen molar-refractivity contribution in [2.75, 3.05) is 39.1 Å². The van der Waals surface area contributed by atoms with Gasteiger partial charge in [0.05, 0.1) is 23.2 Å². The van der Waals surface area contributed by atoms with Gasteiger partial charge in [0.15, 0.2) is 11.5 Å². The van der Waals surface area contributed by atoms with Crippen LogP contribution >= 0.6 is 0 Å². The van der Waals surface area contributed by atoms with E-state index in [9.17, 15) is 19.1 Å². The summed E-state index contributed by atoms with van der Waals surface area (Å²) in [7, 11) is 3.19. The Morgan fingerprint density at radius 1 is 1.14 bits per heavy atom. The van der Waals surface area contributed by atoms with Crippen molar-refractivity contribution in [2.45, 2.75) is 83.7 Å². The highest BCUT2D eigenvalue weighted by molar-refractivity contribution is 6.01. The third kappa shape index (κ3) is 7.53. The first-order valence-corrected chi connectivity index (χ1v) is 18.7. The molecule has 0 saturated carbocycles. The van der Waals surface area contributed by atoms with Crippen LogP contribution in [0.4, 0.5) is 19.0 Å². The molecule has 2 fully saturated rings. The van der Waals surface area contributed by atoms with E-state index in [0.717, 1.165) is 19.4 Å². The van der Waals surface area contributed by atoms with Crippen LogP contribution in [0.15, 0.2) is 36.5 Å². The molecular formula is C40H46F3N9O4. The summed E-state index contributed by atoms with van der Waals surface area (Å²) in [6.07, 6.45) is 2.63. The summed E-state index contributed by atoms with van der Waals surface area (Å²) in [6.45, 7) is 8.30. The van der Waals surface area contributed by atoms with E-state index in [-0.39, 0.29) is 76.9 Å². The molecule has 5 aromatic rings. The van der Waals surface area contributed by atoms with Crippen molar-refractivity contribution in [3.8, 4) is 23.0 Å². The number of hydrogen-bond donors (Lipinski definition) is 3. The van der Waals surface area contributed by atoms with Crippen LogP contribution in [0, 0.1) is 11.6 Å². The van der Waals surface area contributed by atoms with Crippen molar-refractivity contribution in [2.24, 2.45) is 0 Å². The summed E-state index contributed by atoms with van der Waals surface area (Å²) in [5, 5.41) is 22.3. The third-order valence-corrected chi connectivity index (χ3v) is 10.4. The number of nitrogens with zero attached hydrogens (tertiary/aromatic N) is 7. The van der Waals surface area contributed by atoms with Crippen molar-refractivity contribution >= 4 is 39.3 Å². The molecule has 0 bridgehead atoms.